The fourth-order valence-corrected chi connectivity index (χ4v) is 3.68. The van der Waals surface area contributed by atoms with Gasteiger partial charge >= 0.3 is 0 Å². The van der Waals surface area contributed by atoms with Gasteiger partial charge in [0.1, 0.15) is 5.82 Å². The molecule has 2 aromatic rings. The number of halogens is 1. The van der Waals surface area contributed by atoms with Crippen LogP contribution in [-0.4, -0.2) is 45.6 Å². The summed E-state index contributed by atoms with van der Waals surface area (Å²) in [6, 6.07) is 7.34. The summed E-state index contributed by atoms with van der Waals surface area (Å²) in [6.45, 7) is 8.17. The molecule has 4 rings (SSSR count). The molecule has 0 spiro atoms. The van der Waals surface area contributed by atoms with Gasteiger partial charge in [0, 0.05) is 38.1 Å². The predicted molar refractivity (Wildman–Crippen MR) is 92.5 cm³/mol. The largest absolute Gasteiger partial charge is 0.338 e. The zero-order valence-corrected chi connectivity index (χ0v) is 14.9. The molecule has 6 heteroatoms. The Hall–Kier alpha value is -1.79. The Balaban J connectivity index is 1.36. The Morgan fingerprint density at radius 3 is 2.68 bits per heavy atom. The maximum atomic E-state index is 13.0. The van der Waals surface area contributed by atoms with Crippen LogP contribution in [0.3, 0.4) is 0 Å². The van der Waals surface area contributed by atoms with Gasteiger partial charge in [-0.05, 0) is 44.4 Å². The van der Waals surface area contributed by atoms with Gasteiger partial charge in [-0.1, -0.05) is 17.3 Å². The standard InChI is InChI=1S/C19H25FN4O/c1-13-11-23(12-15-3-7-17(20)8-4-15)9-10-24(13)14(2)19-21-18(22-25-19)16-5-6-16/h3-4,7-8,13-14,16H,5-6,9-12H2,1-2H3. The van der Waals surface area contributed by atoms with Gasteiger partial charge in [0.2, 0.25) is 5.89 Å². The highest BCUT2D eigenvalue weighted by molar-refractivity contribution is 5.16. The number of piperazine rings is 1. The van der Waals surface area contributed by atoms with Crippen molar-refractivity contribution in [2.75, 3.05) is 19.6 Å². The number of benzene rings is 1. The quantitative estimate of drug-likeness (QED) is 0.832. The van der Waals surface area contributed by atoms with Crippen LogP contribution >= 0.6 is 0 Å². The number of hydrogen-bond donors (Lipinski definition) is 0. The maximum Gasteiger partial charge on any atom is 0.243 e. The van der Waals surface area contributed by atoms with Gasteiger partial charge < -0.3 is 4.52 Å². The van der Waals surface area contributed by atoms with Crippen LogP contribution in [0, 0.1) is 5.82 Å². The third-order valence-electron chi connectivity index (χ3n) is 5.34. The first-order valence-corrected chi connectivity index (χ1v) is 9.16. The molecule has 0 bridgehead atoms. The van der Waals surface area contributed by atoms with Crippen LogP contribution in [0.4, 0.5) is 4.39 Å². The van der Waals surface area contributed by atoms with Crippen molar-refractivity contribution in [2.24, 2.45) is 0 Å². The summed E-state index contributed by atoms with van der Waals surface area (Å²) in [5.41, 5.74) is 1.15. The lowest BCUT2D eigenvalue weighted by molar-refractivity contribution is 0.0397. The SMILES string of the molecule is CC1CN(Cc2ccc(F)cc2)CCN1C(C)c1nc(C2CC2)no1. The lowest BCUT2D eigenvalue weighted by Gasteiger charge is -2.41. The molecule has 2 unspecified atom stereocenters. The van der Waals surface area contributed by atoms with E-state index in [1.54, 1.807) is 0 Å². The second-order valence-corrected chi connectivity index (χ2v) is 7.39. The second kappa shape index (κ2) is 6.84. The van der Waals surface area contributed by atoms with Crippen LogP contribution in [0.25, 0.3) is 0 Å². The highest BCUT2D eigenvalue weighted by Crippen LogP contribution is 2.38. The van der Waals surface area contributed by atoms with Crippen molar-refractivity contribution in [1.29, 1.82) is 0 Å². The summed E-state index contributed by atoms with van der Waals surface area (Å²) in [4.78, 5) is 9.47. The van der Waals surface area contributed by atoms with Crippen LogP contribution in [0.1, 0.15) is 55.9 Å². The molecule has 0 amide bonds. The first-order chi connectivity index (χ1) is 12.1. The fourth-order valence-electron chi connectivity index (χ4n) is 3.68. The Morgan fingerprint density at radius 2 is 2.00 bits per heavy atom. The zero-order chi connectivity index (χ0) is 17.4. The molecule has 5 nitrogen and oxygen atoms in total. The zero-order valence-electron chi connectivity index (χ0n) is 14.9. The van der Waals surface area contributed by atoms with E-state index in [1.807, 2.05) is 12.1 Å². The molecule has 1 aliphatic carbocycles. The molecule has 0 radical (unpaired) electrons. The van der Waals surface area contributed by atoms with E-state index in [9.17, 15) is 4.39 Å². The van der Waals surface area contributed by atoms with E-state index in [-0.39, 0.29) is 11.9 Å². The maximum absolute atomic E-state index is 13.0. The van der Waals surface area contributed by atoms with Crippen molar-refractivity contribution in [3.05, 3.63) is 47.4 Å². The van der Waals surface area contributed by atoms with Crippen molar-refractivity contribution < 1.29 is 8.91 Å². The van der Waals surface area contributed by atoms with Gasteiger partial charge in [-0.15, -0.1) is 0 Å². The van der Waals surface area contributed by atoms with Crippen LogP contribution in [0.2, 0.25) is 0 Å². The smallest absolute Gasteiger partial charge is 0.243 e. The molecule has 1 saturated heterocycles. The first-order valence-electron chi connectivity index (χ1n) is 9.16. The summed E-state index contributed by atoms with van der Waals surface area (Å²) in [5.74, 6) is 1.96. The molecule has 25 heavy (non-hydrogen) atoms. The molecular weight excluding hydrogens is 319 g/mol. The molecule has 1 aromatic heterocycles. The van der Waals surface area contributed by atoms with Gasteiger partial charge in [-0.3, -0.25) is 9.80 Å². The van der Waals surface area contributed by atoms with E-state index in [2.05, 4.69) is 33.8 Å². The van der Waals surface area contributed by atoms with E-state index < -0.39 is 0 Å². The molecule has 2 heterocycles. The summed E-state index contributed by atoms with van der Waals surface area (Å²) in [6.07, 6.45) is 2.37. The molecule has 2 fully saturated rings. The van der Waals surface area contributed by atoms with E-state index in [0.29, 0.717) is 12.0 Å². The third-order valence-corrected chi connectivity index (χ3v) is 5.34. The summed E-state index contributed by atoms with van der Waals surface area (Å²) in [5, 5.41) is 4.14. The normalized spacial score (nSPS) is 23.7. The van der Waals surface area contributed by atoms with Crippen LogP contribution in [0.5, 0.6) is 0 Å². The average Bonchev–Trinajstić information content (AvgIpc) is 3.34. The highest BCUT2D eigenvalue weighted by Gasteiger charge is 2.33. The average molecular weight is 344 g/mol. The minimum Gasteiger partial charge on any atom is -0.338 e. The van der Waals surface area contributed by atoms with Crippen molar-refractivity contribution in [3.63, 3.8) is 0 Å². The minimum absolute atomic E-state index is 0.142. The van der Waals surface area contributed by atoms with Crippen LogP contribution < -0.4 is 0 Å². The van der Waals surface area contributed by atoms with E-state index >= 15 is 0 Å². The Bertz CT molecular complexity index is 712. The Morgan fingerprint density at radius 1 is 1.24 bits per heavy atom. The fraction of sp³-hybridized carbons (Fsp3) is 0.579. The van der Waals surface area contributed by atoms with Crippen LogP contribution in [0.15, 0.2) is 28.8 Å². The molecule has 1 aromatic carbocycles. The van der Waals surface area contributed by atoms with Gasteiger partial charge in [0.05, 0.1) is 6.04 Å². The first kappa shape index (κ1) is 16.7. The van der Waals surface area contributed by atoms with Gasteiger partial charge in [0.15, 0.2) is 5.82 Å². The predicted octanol–water partition coefficient (Wildman–Crippen LogP) is 3.35. The Kier molecular flexibility index (Phi) is 4.56. The monoisotopic (exact) mass is 344 g/mol. The third kappa shape index (κ3) is 3.75. The lowest BCUT2D eigenvalue weighted by atomic mass is 10.1. The minimum atomic E-state index is -0.180. The summed E-state index contributed by atoms with van der Waals surface area (Å²) in [7, 11) is 0. The van der Waals surface area contributed by atoms with Gasteiger partial charge in [-0.2, -0.15) is 4.98 Å². The van der Waals surface area contributed by atoms with Crippen molar-refractivity contribution in [2.45, 2.75) is 51.2 Å². The lowest BCUT2D eigenvalue weighted by Crippen LogP contribution is -2.52. The van der Waals surface area contributed by atoms with Crippen molar-refractivity contribution in [1.82, 2.24) is 19.9 Å². The molecule has 2 aliphatic rings. The number of aromatic nitrogens is 2. The molecule has 0 N–H and O–H groups in total. The van der Waals surface area contributed by atoms with Gasteiger partial charge in [-0.25, -0.2) is 4.39 Å². The van der Waals surface area contributed by atoms with Crippen molar-refractivity contribution >= 4 is 0 Å². The van der Waals surface area contributed by atoms with Crippen LogP contribution in [-0.2, 0) is 6.54 Å². The number of nitrogens with zero attached hydrogens (tertiary/aromatic N) is 4. The molecule has 1 aliphatic heterocycles. The highest BCUT2D eigenvalue weighted by atomic mass is 19.1. The molecule has 2 atom stereocenters. The number of hydrogen-bond acceptors (Lipinski definition) is 5. The second-order valence-electron chi connectivity index (χ2n) is 7.39. The molecule has 1 saturated carbocycles. The molecular formula is C19H25FN4O. The Labute approximate surface area is 147 Å². The molecule has 134 valence electrons. The van der Waals surface area contributed by atoms with E-state index in [0.717, 1.165) is 43.5 Å². The summed E-state index contributed by atoms with van der Waals surface area (Å²) < 4.78 is 18.6. The number of rotatable bonds is 5. The van der Waals surface area contributed by atoms with Gasteiger partial charge in [0.25, 0.3) is 0 Å². The van der Waals surface area contributed by atoms with E-state index in [4.69, 9.17) is 4.52 Å². The summed E-state index contributed by atoms with van der Waals surface area (Å²) >= 11 is 0. The van der Waals surface area contributed by atoms with Crippen molar-refractivity contribution in [3.8, 4) is 0 Å². The van der Waals surface area contributed by atoms with E-state index in [1.165, 1.54) is 25.0 Å². The topological polar surface area (TPSA) is 45.4 Å².